The number of aliphatic imine (C=N–C) groups is 1. The Labute approximate surface area is 85.1 Å². The summed E-state index contributed by atoms with van der Waals surface area (Å²) in [6.07, 6.45) is 1.69. The molecule has 1 aliphatic rings. The van der Waals surface area contributed by atoms with Crippen LogP contribution < -0.4 is 0 Å². The van der Waals surface area contributed by atoms with E-state index in [9.17, 15) is 4.79 Å². The van der Waals surface area contributed by atoms with Crippen LogP contribution in [0.25, 0.3) is 0 Å². The molecule has 0 saturated heterocycles. The fraction of sp³-hybridized carbons (Fsp3) is 0.222. The molecule has 1 atom stereocenters. The maximum Gasteiger partial charge on any atom is 0.360 e. The highest BCUT2D eigenvalue weighted by Gasteiger charge is 2.24. The van der Waals surface area contributed by atoms with Crippen molar-refractivity contribution in [3.63, 3.8) is 0 Å². The van der Waals surface area contributed by atoms with Gasteiger partial charge in [0.2, 0.25) is 0 Å². The van der Waals surface area contributed by atoms with Crippen LogP contribution in [0.2, 0.25) is 0 Å². The molecule has 1 aromatic heterocycles. The second-order valence-corrected chi connectivity index (χ2v) is 3.83. The number of hydrogen-bond acceptors (Lipinski definition) is 4. The number of rotatable bonds is 2. The largest absolute Gasteiger partial charge is 0.476 e. The first-order chi connectivity index (χ1) is 6.77. The summed E-state index contributed by atoms with van der Waals surface area (Å²) >= 11 is 1.26. The maximum absolute atomic E-state index is 10.6. The Morgan fingerprint density at radius 1 is 1.57 bits per heavy atom. The minimum atomic E-state index is -0.951. The van der Waals surface area contributed by atoms with Crippen molar-refractivity contribution in [2.75, 3.05) is 5.75 Å². The summed E-state index contributed by atoms with van der Waals surface area (Å²) in [4.78, 5) is 18.8. The number of carboxylic acids is 1. The van der Waals surface area contributed by atoms with Crippen LogP contribution >= 0.6 is 11.8 Å². The first kappa shape index (κ1) is 9.21. The second-order valence-electron chi connectivity index (χ2n) is 2.82. The van der Waals surface area contributed by atoms with Gasteiger partial charge in [0.05, 0.1) is 5.69 Å². The lowest BCUT2D eigenvalue weighted by Crippen LogP contribution is -2.05. The molecule has 5 heteroatoms. The van der Waals surface area contributed by atoms with Crippen molar-refractivity contribution in [3.8, 4) is 0 Å². The zero-order chi connectivity index (χ0) is 9.97. The Balaban J connectivity index is 2.20. The van der Waals surface area contributed by atoms with Crippen LogP contribution in [-0.4, -0.2) is 26.9 Å². The highest BCUT2D eigenvalue weighted by molar-refractivity contribution is 8.16. The van der Waals surface area contributed by atoms with Gasteiger partial charge in [-0.25, -0.2) is 4.79 Å². The molecule has 0 saturated carbocycles. The first-order valence-corrected chi connectivity index (χ1v) is 5.11. The predicted octanol–water partition coefficient (Wildman–Crippen LogP) is 1.35. The van der Waals surface area contributed by atoms with Gasteiger partial charge >= 0.3 is 5.97 Å². The van der Waals surface area contributed by atoms with E-state index in [4.69, 9.17) is 5.11 Å². The van der Waals surface area contributed by atoms with E-state index >= 15 is 0 Å². The maximum atomic E-state index is 10.6. The number of pyridine rings is 1. The average molecular weight is 208 g/mol. The van der Waals surface area contributed by atoms with Crippen molar-refractivity contribution in [2.24, 2.45) is 4.99 Å². The van der Waals surface area contributed by atoms with Gasteiger partial charge in [-0.05, 0) is 12.1 Å². The number of hydrogen-bond donors (Lipinski definition) is 1. The van der Waals surface area contributed by atoms with Crippen LogP contribution in [0.1, 0.15) is 11.7 Å². The third-order valence-corrected chi connectivity index (χ3v) is 2.90. The lowest BCUT2D eigenvalue weighted by molar-refractivity contribution is -0.129. The summed E-state index contributed by atoms with van der Waals surface area (Å²) in [5, 5.41) is 8.89. The van der Waals surface area contributed by atoms with Crippen molar-refractivity contribution in [3.05, 3.63) is 30.1 Å². The topological polar surface area (TPSA) is 62.5 Å². The predicted molar refractivity (Wildman–Crippen MR) is 54.5 cm³/mol. The highest BCUT2D eigenvalue weighted by Crippen LogP contribution is 2.28. The summed E-state index contributed by atoms with van der Waals surface area (Å²) in [6, 6.07) is 5.46. The van der Waals surface area contributed by atoms with Crippen molar-refractivity contribution in [1.29, 1.82) is 0 Å². The lowest BCUT2D eigenvalue weighted by atomic mass is 10.2. The lowest BCUT2D eigenvalue weighted by Gasteiger charge is -2.02. The monoisotopic (exact) mass is 208 g/mol. The zero-order valence-electron chi connectivity index (χ0n) is 7.25. The van der Waals surface area contributed by atoms with Crippen molar-refractivity contribution in [1.82, 2.24) is 4.98 Å². The third kappa shape index (κ3) is 1.77. The van der Waals surface area contributed by atoms with E-state index in [0.717, 1.165) is 5.69 Å². The molecule has 1 aliphatic heterocycles. The van der Waals surface area contributed by atoms with Gasteiger partial charge in [0.15, 0.2) is 5.04 Å². The summed E-state index contributed by atoms with van der Waals surface area (Å²) in [5.41, 5.74) is 0.830. The third-order valence-electron chi connectivity index (χ3n) is 1.86. The zero-order valence-corrected chi connectivity index (χ0v) is 8.07. The SMILES string of the molecule is O=C(O)C1=NC(c2ccccn2)CS1. The molecule has 0 amide bonds. The molecule has 0 spiro atoms. The Morgan fingerprint density at radius 2 is 2.43 bits per heavy atom. The Bertz CT molecular complexity index is 378. The molecule has 0 radical (unpaired) electrons. The summed E-state index contributed by atoms with van der Waals surface area (Å²) in [5.74, 6) is -0.285. The number of carbonyl (C=O) groups is 1. The number of aliphatic carboxylic acids is 1. The molecule has 0 fully saturated rings. The van der Waals surface area contributed by atoms with Gasteiger partial charge in [0, 0.05) is 11.9 Å². The average Bonchev–Trinajstić information content (AvgIpc) is 2.68. The van der Waals surface area contributed by atoms with Gasteiger partial charge < -0.3 is 5.11 Å². The quantitative estimate of drug-likeness (QED) is 0.797. The van der Waals surface area contributed by atoms with Crippen LogP contribution in [0.3, 0.4) is 0 Å². The molecule has 0 aromatic carbocycles. The van der Waals surface area contributed by atoms with E-state index in [2.05, 4.69) is 9.98 Å². The minimum Gasteiger partial charge on any atom is -0.476 e. The molecule has 1 N–H and O–H groups in total. The highest BCUT2D eigenvalue weighted by atomic mass is 32.2. The second kappa shape index (κ2) is 3.79. The number of nitrogens with zero attached hydrogens (tertiary/aromatic N) is 2. The van der Waals surface area contributed by atoms with Crippen molar-refractivity contribution >= 4 is 22.8 Å². The van der Waals surface area contributed by atoms with Gasteiger partial charge in [-0.1, -0.05) is 17.8 Å². The van der Waals surface area contributed by atoms with Crippen molar-refractivity contribution < 1.29 is 9.90 Å². The van der Waals surface area contributed by atoms with E-state index in [-0.39, 0.29) is 11.1 Å². The molecule has 1 unspecified atom stereocenters. The minimum absolute atomic E-state index is 0.104. The normalized spacial score (nSPS) is 20.6. The number of carboxylic acid groups (broad SMARTS) is 1. The van der Waals surface area contributed by atoms with E-state index in [1.165, 1.54) is 11.8 Å². The standard InChI is InChI=1S/C9H8N2O2S/c12-9(13)8-11-7(5-14-8)6-3-1-2-4-10-6/h1-4,7H,5H2,(H,12,13). The Hall–Kier alpha value is -1.36. The van der Waals surface area contributed by atoms with Gasteiger partial charge in [-0.15, -0.1) is 0 Å². The van der Waals surface area contributed by atoms with Crippen LogP contribution in [0.4, 0.5) is 0 Å². The fourth-order valence-corrected chi connectivity index (χ4v) is 2.10. The summed E-state index contributed by atoms with van der Waals surface area (Å²) < 4.78 is 0. The molecule has 72 valence electrons. The van der Waals surface area contributed by atoms with E-state index < -0.39 is 5.97 Å². The van der Waals surface area contributed by atoms with E-state index in [1.54, 1.807) is 6.20 Å². The summed E-state index contributed by atoms with van der Waals surface area (Å²) in [7, 11) is 0. The molecule has 0 aliphatic carbocycles. The van der Waals surface area contributed by atoms with Crippen LogP contribution in [0.5, 0.6) is 0 Å². The van der Waals surface area contributed by atoms with E-state index in [1.807, 2.05) is 18.2 Å². The molecule has 0 bridgehead atoms. The summed E-state index contributed by atoms with van der Waals surface area (Å²) in [6.45, 7) is 0. The Kier molecular flexibility index (Phi) is 2.49. The molecule has 14 heavy (non-hydrogen) atoms. The van der Waals surface area contributed by atoms with Gasteiger partial charge in [-0.3, -0.25) is 9.98 Å². The van der Waals surface area contributed by atoms with Crippen molar-refractivity contribution in [2.45, 2.75) is 6.04 Å². The molecular formula is C9H8N2O2S. The molecule has 4 nitrogen and oxygen atoms in total. The van der Waals surface area contributed by atoms with E-state index in [0.29, 0.717) is 5.75 Å². The molecule has 2 heterocycles. The van der Waals surface area contributed by atoms with Gasteiger partial charge in [0.1, 0.15) is 6.04 Å². The number of thioether (sulfide) groups is 1. The molecule has 1 aromatic rings. The van der Waals surface area contributed by atoms with Crippen LogP contribution in [0.15, 0.2) is 29.4 Å². The number of aromatic nitrogens is 1. The van der Waals surface area contributed by atoms with Crippen LogP contribution in [0, 0.1) is 0 Å². The van der Waals surface area contributed by atoms with Gasteiger partial charge in [-0.2, -0.15) is 0 Å². The van der Waals surface area contributed by atoms with Crippen LogP contribution in [-0.2, 0) is 4.79 Å². The first-order valence-electron chi connectivity index (χ1n) is 4.12. The fourth-order valence-electron chi connectivity index (χ4n) is 1.22. The molecular weight excluding hydrogens is 200 g/mol. The Morgan fingerprint density at radius 3 is 3.00 bits per heavy atom. The van der Waals surface area contributed by atoms with Gasteiger partial charge in [0.25, 0.3) is 0 Å². The molecule has 2 rings (SSSR count). The smallest absolute Gasteiger partial charge is 0.360 e.